The van der Waals surface area contributed by atoms with Crippen molar-refractivity contribution >= 4 is 23.0 Å². The van der Waals surface area contributed by atoms with Gasteiger partial charge in [0, 0.05) is 12.6 Å². The van der Waals surface area contributed by atoms with Gasteiger partial charge in [-0.25, -0.2) is 9.97 Å². The number of carbonyl (C=O) groups is 1. The number of hydrogen-bond acceptors (Lipinski definition) is 6. The van der Waals surface area contributed by atoms with Gasteiger partial charge >= 0.3 is 12.0 Å². The monoisotopic (exact) mass is 412 g/mol. The highest BCUT2D eigenvalue weighted by atomic mass is 16.5. The lowest BCUT2D eigenvalue weighted by Crippen LogP contribution is -2.34. The summed E-state index contributed by atoms with van der Waals surface area (Å²) in [5.41, 5.74) is 2.37. The van der Waals surface area contributed by atoms with Crippen molar-refractivity contribution in [1.82, 2.24) is 9.97 Å². The molecule has 3 rings (SSSR count). The largest absolute Gasteiger partial charge is 0.481 e. The summed E-state index contributed by atoms with van der Waals surface area (Å²) in [6.45, 7) is 11.2. The molecule has 1 aromatic heterocycles. The van der Waals surface area contributed by atoms with E-state index in [9.17, 15) is 9.90 Å². The minimum absolute atomic E-state index is 0.320. The van der Waals surface area contributed by atoms with Crippen LogP contribution in [0.5, 0.6) is 6.01 Å². The van der Waals surface area contributed by atoms with Crippen molar-refractivity contribution in [1.29, 1.82) is 0 Å². The topological polar surface area (TPSA) is 87.6 Å². The molecule has 1 fully saturated rings. The fourth-order valence-corrected chi connectivity index (χ4v) is 3.30. The molecule has 2 N–H and O–H groups in total. The molecule has 1 heterocycles. The first kappa shape index (κ1) is 21.9. The van der Waals surface area contributed by atoms with E-state index in [1.807, 2.05) is 25.1 Å². The Morgan fingerprint density at radius 3 is 2.50 bits per heavy atom. The third kappa shape index (κ3) is 5.01. The normalized spacial score (nSPS) is 13.9. The Bertz CT molecular complexity index is 877. The van der Waals surface area contributed by atoms with E-state index in [2.05, 4.69) is 34.0 Å². The molecule has 1 aliphatic rings. The Balaban J connectivity index is 1.99. The number of ether oxygens (including phenoxy) is 1. The number of nitrogens with zero attached hydrogens (tertiary/aromatic N) is 3. The maximum atomic E-state index is 11.8. The number of anilines is 3. The van der Waals surface area contributed by atoms with Gasteiger partial charge in [0.15, 0.2) is 0 Å². The summed E-state index contributed by atoms with van der Waals surface area (Å²) in [7, 11) is 0. The standard InChI is InChI=1S/C23H32N4O3/c1-6-30-22-24-12-18(13-25-22)26-19-11-17(23(4,5)21(28)29)9-10-20(19)27(15(2)3)14-16-7-8-16/h9-13,15-16,26H,6-8,14H2,1-5H3,(H,28,29). The highest BCUT2D eigenvalue weighted by Crippen LogP contribution is 2.38. The quantitative estimate of drug-likeness (QED) is 0.589. The van der Waals surface area contributed by atoms with Crippen LogP contribution in [0.4, 0.5) is 17.1 Å². The van der Waals surface area contributed by atoms with Gasteiger partial charge in [-0.05, 0) is 71.1 Å². The summed E-state index contributed by atoms with van der Waals surface area (Å²) >= 11 is 0. The zero-order valence-corrected chi connectivity index (χ0v) is 18.5. The predicted molar refractivity (Wildman–Crippen MR) is 119 cm³/mol. The van der Waals surface area contributed by atoms with Crippen molar-refractivity contribution in [3.05, 3.63) is 36.2 Å². The van der Waals surface area contributed by atoms with Crippen molar-refractivity contribution in [2.24, 2.45) is 5.92 Å². The van der Waals surface area contributed by atoms with Crippen LogP contribution in [-0.2, 0) is 10.2 Å². The smallest absolute Gasteiger partial charge is 0.316 e. The van der Waals surface area contributed by atoms with E-state index in [-0.39, 0.29) is 0 Å². The molecular weight excluding hydrogens is 380 g/mol. The average Bonchev–Trinajstić information content (AvgIpc) is 3.52. The molecule has 30 heavy (non-hydrogen) atoms. The van der Waals surface area contributed by atoms with Gasteiger partial charge in [-0.2, -0.15) is 0 Å². The Hall–Kier alpha value is -2.83. The number of carboxylic acids is 1. The van der Waals surface area contributed by atoms with Gasteiger partial charge in [0.25, 0.3) is 0 Å². The fourth-order valence-electron chi connectivity index (χ4n) is 3.30. The number of carboxylic acid groups (broad SMARTS) is 1. The molecule has 0 atom stereocenters. The van der Waals surface area contributed by atoms with E-state index in [1.165, 1.54) is 12.8 Å². The Kier molecular flexibility index (Phi) is 6.48. The first-order chi connectivity index (χ1) is 14.2. The third-order valence-corrected chi connectivity index (χ3v) is 5.52. The molecule has 1 aromatic carbocycles. The van der Waals surface area contributed by atoms with Crippen molar-refractivity contribution in [3.8, 4) is 6.01 Å². The van der Waals surface area contributed by atoms with E-state index < -0.39 is 11.4 Å². The molecule has 0 aliphatic heterocycles. The SMILES string of the molecule is CCOc1ncc(Nc2cc(C(C)(C)C(=O)O)ccc2N(CC2CC2)C(C)C)cn1. The van der Waals surface area contributed by atoms with Crippen LogP contribution < -0.4 is 15.0 Å². The summed E-state index contributed by atoms with van der Waals surface area (Å²) in [4.78, 5) is 22.6. The Morgan fingerprint density at radius 2 is 1.97 bits per heavy atom. The zero-order chi connectivity index (χ0) is 21.9. The minimum Gasteiger partial charge on any atom is -0.481 e. The second kappa shape index (κ2) is 8.90. The van der Waals surface area contributed by atoms with Crippen molar-refractivity contribution in [2.45, 2.75) is 58.9 Å². The number of benzene rings is 1. The molecule has 0 spiro atoms. The van der Waals surface area contributed by atoms with E-state index in [0.717, 1.165) is 35.1 Å². The summed E-state index contributed by atoms with van der Waals surface area (Å²) < 4.78 is 5.32. The highest BCUT2D eigenvalue weighted by Gasteiger charge is 2.31. The van der Waals surface area contributed by atoms with Gasteiger partial charge in [0.05, 0.1) is 41.5 Å². The van der Waals surface area contributed by atoms with Crippen LogP contribution in [0.3, 0.4) is 0 Å². The highest BCUT2D eigenvalue weighted by molar-refractivity contribution is 5.83. The Morgan fingerprint density at radius 1 is 1.30 bits per heavy atom. The van der Waals surface area contributed by atoms with E-state index >= 15 is 0 Å². The zero-order valence-electron chi connectivity index (χ0n) is 18.5. The molecule has 2 aromatic rings. The average molecular weight is 413 g/mol. The van der Waals surface area contributed by atoms with Crippen LogP contribution >= 0.6 is 0 Å². The van der Waals surface area contributed by atoms with Crippen LogP contribution in [0.2, 0.25) is 0 Å². The molecule has 7 heteroatoms. The first-order valence-electron chi connectivity index (χ1n) is 10.6. The maximum Gasteiger partial charge on any atom is 0.316 e. The van der Waals surface area contributed by atoms with Gasteiger partial charge in [-0.15, -0.1) is 0 Å². The van der Waals surface area contributed by atoms with Crippen molar-refractivity contribution in [2.75, 3.05) is 23.4 Å². The van der Waals surface area contributed by atoms with E-state index in [4.69, 9.17) is 4.74 Å². The molecular formula is C23H32N4O3. The molecule has 1 saturated carbocycles. The fraction of sp³-hybridized carbons (Fsp3) is 0.522. The lowest BCUT2D eigenvalue weighted by molar-refractivity contribution is -0.142. The van der Waals surface area contributed by atoms with Crippen molar-refractivity contribution in [3.63, 3.8) is 0 Å². The lowest BCUT2D eigenvalue weighted by atomic mass is 9.84. The molecule has 0 saturated heterocycles. The van der Waals surface area contributed by atoms with Crippen LogP contribution in [0.25, 0.3) is 0 Å². The predicted octanol–water partition coefficient (Wildman–Crippen LogP) is 4.61. The van der Waals surface area contributed by atoms with Gasteiger partial charge in [0.1, 0.15) is 0 Å². The van der Waals surface area contributed by atoms with Crippen LogP contribution in [0.1, 0.15) is 53.0 Å². The number of hydrogen-bond donors (Lipinski definition) is 2. The van der Waals surface area contributed by atoms with Gasteiger partial charge < -0.3 is 20.1 Å². The summed E-state index contributed by atoms with van der Waals surface area (Å²) in [6.07, 6.45) is 5.89. The van der Waals surface area contributed by atoms with Gasteiger partial charge in [0.2, 0.25) is 0 Å². The third-order valence-electron chi connectivity index (χ3n) is 5.52. The number of aromatic nitrogens is 2. The van der Waals surface area contributed by atoms with E-state index in [1.54, 1.807) is 26.2 Å². The van der Waals surface area contributed by atoms with E-state index in [0.29, 0.717) is 18.7 Å². The summed E-state index contributed by atoms with van der Waals surface area (Å²) in [5, 5.41) is 13.1. The molecule has 7 nitrogen and oxygen atoms in total. The number of rotatable bonds is 10. The first-order valence-corrected chi connectivity index (χ1v) is 10.6. The minimum atomic E-state index is -0.997. The van der Waals surface area contributed by atoms with Gasteiger partial charge in [-0.3, -0.25) is 4.79 Å². The number of aliphatic carboxylic acids is 1. The lowest BCUT2D eigenvalue weighted by Gasteiger charge is -2.32. The molecule has 0 amide bonds. The summed E-state index contributed by atoms with van der Waals surface area (Å²) in [5.74, 6) is -0.131. The van der Waals surface area contributed by atoms with Crippen molar-refractivity contribution < 1.29 is 14.6 Å². The van der Waals surface area contributed by atoms with Crippen LogP contribution in [-0.4, -0.2) is 40.2 Å². The number of nitrogens with one attached hydrogen (secondary N) is 1. The van der Waals surface area contributed by atoms with Gasteiger partial charge in [-0.1, -0.05) is 6.07 Å². The molecule has 0 radical (unpaired) electrons. The van der Waals surface area contributed by atoms with Crippen LogP contribution in [0.15, 0.2) is 30.6 Å². The molecule has 1 aliphatic carbocycles. The second-order valence-corrected chi connectivity index (χ2v) is 8.66. The molecule has 162 valence electrons. The maximum absolute atomic E-state index is 11.8. The molecule has 0 bridgehead atoms. The van der Waals surface area contributed by atoms with Crippen LogP contribution in [0, 0.1) is 5.92 Å². The summed E-state index contributed by atoms with van der Waals surface area (Å²) in [6, 6.07) is 6.54. The molecule has 0 unspecified atom stereocenters. The second-order valence-electron chi connectivity index (χ2n) is 8.66. The Labute approximate surface area is 178 Å².